The first-order valence-corrected chi connectivity index (χ1v) is 10.9. The zero-order valence-corrected chi connectivity index (χ0v) is 18.2. The molecule has 0 saturated carbocycles. The SMILES string of the molecule is COC(=O)[C@H](C)N1CCC(CN2CCC(Oc3ccc(Cl)c(Cl)c3)CC2)CC1. The largest absolute Gasteiger partial charge is 0.490 e. The number of esters is 1. The van der Waals surface area contributed by atoms with Gasteiger partial charge in [-0.25, -0.2) is 0 Å². The molecule has 1 aromatic rings. The fraction of sp³-hybridized carbons (Fsp3) is 0.667. The van der Waals surface area contributed by atoms with Crippen LogP contribution in [0.25, 0.3) is 0 Å². The maximum atomic E-state index is 11.7. The summed E-state index contributed by atoms with van der Waals surface area (Å²) in [6.45, 7) is 7.13. The highest BCUT2D eigenvalue weighted by atomic mass is 35.5. The van der Waals surface area contributed by atoms with Crippen molar-refractivity contribution in [1.29, 1.82) is 0 Å². The predicted molar refractivity (Wildman–Crippen MR) is 112 cm³/mol. The number of carbonyl (C=O) groups excluding carboxylic acids is 1. The molecule has 3 rings (SSSR count). The molecular weight excluding hydrogens is 399 g/mol. The van der Waals surface area contributed by atoms with Crippen LogP contribution in [-0.2, 0) is 9.53 Å². The lowest BCUT2D eigenvalue weighted by Crippen LogP contribution is -2.47. The molecule has 2 aliphatic heterocycles. The van der Waals surface area contributed by atoms with Crippen molar-refractivity contribution >= 4 is 29.2 Å². The summed E-state index contributed by atoms with van der Waals surface area (Å²) in [5, 5.41) is 1.08. The molecule has 2 fully saturated rings. The smallest absolute Gasteiger partial charge is 0.322 e. The Kier molecular flexibility index (Phi) is 7.86. The standard InChI is InChI=1S/C21H30Cl2N2O3/c1-15(21(26)27-2)25-11-5-16(6-12-25)14-24-9-7-17(8-10-24)28-18-3-4-19(22)20(23)13-18/h3-4,13,15-17H,5-12,14H2,1-2H3/t15-/m0/s1. The van der Waals surface area contributed by atoms with Gasteiger partial charge in [-0.15, -0.1) is 0 Å². The van der Waals surface area contributed by atoms with Gasteiger partial charge in [0.15, 0.2) is 0 Å². The number of piperidine rings is 2. The normalized spacial score (nSPS) is 21.4. The van der Waals surface area contributed by atoms with E-state index in [1.54, 1.807) is 12.1 Å². The van der Waals surface area contributed by atoms with Gasteiger partial charge in [-0.05, 0) is 63.7 Å². The van der Waals surface area contributed by atoms with Gasteiger partial charge in [0.25, 0.3) is 0 Å². The van der Waals surface area contributed by atoms with Gasteiger partial charge in [-0.1, -0.05) is 23.2 Å². The fourth-order valence-electron chi connectivity index (χ4n) is 4.16. The van der Waals surface area contributed by atoms with Crippen LogP contribution in [0.4, 0.5) is 0 Å². The summed E-state index contributed by atoms with van der Waals surface area (Å²) in [7, 11) is 1.46. The first-order chi connectivity index (χ1) is 13.5. The Balaban J connectivity index is 1.38. The van der Waals surface area contributed by atoms with E-state index in [9.17, 15) is 4.79 Å². The minimum absolute atomic E-state index is 0.137. The second kappa shape index (κ2) is 10.1. The van der Waals surface area contributed by atoms with Crippen LogP contribution < -0.4 is 4.74 Å². The van der Waals surface area contributed by atoms with Crippen molar-refractivity contribution in [2.75, 3.05) is 39.8 Å². The van der Waals surface area contributed by atoms with Crippen molar-refractivity contribution < 1.29 is 14.3 Å². The van der Waals surface area contributed by atoms with Crippen molar-refractivity contribution in [1.82, 2.24) is 9.80 Å². The molecule has 0 radical (unpaired) electrons. The maximum Gasteiger partial charge on any atom is 0.322 e. The molecule has 156 valence electrons. The van der Waals surface area contributed by atoms with E-state index in [0.717, 1.165) is 64.2 Å². The first-order valence-electron chi connectivity index (χ1n) is 10.1. The minimum Gasteiger partial charge on any atom is -0.490 e. The molecular formula is C21H30Cl2N2O3. The molecule has 0 amide bonds. The van der Waals surface area contributed by atoms with Gasteiger partial charge in [0, 0.05) is 25.7 Å². The van der Waals surface area contributed by atoms with E-state index in [-0.39, 0.29) is 18.1 Å². The van der Waals surface area contributed by atoms with Gasteiger partial charge in [-0.3, -0.25) is 9.69 Å². The zero-order valence-electron chi connectivity index (χ0n) is 16.7. The van der Waals surface area contributed by atoms with Gasteiger partial charge in [0.2, 0.25) is 0 Å². The number of halogens is 2. The maximum absolute atomic E-state index is 11.7. The molecule has 0 aromatic heterocycles. The lowest BCUT2D eigenvalue weighted by molar-refractivity contribution is -0.146. The Morgan fingerprint density at radius 1 is 1.11 bits per heavy atom. The lowest BCUT2D eigenvalue weighted by atomic mass is 9.94. The van der Waals surface area contributed by atoms with Crippen molar-refractivity contribution in [2.45, 2.75) is 44.8 Å². The third-order valence-electron chi connectivity index (χ3n) is 5.98. The zero-order chi connectivity index (χ0) is 20.1. The minimum atomic E-state index is -0.139. The Morgan fingerprint density at radius 2 is 1.79 bits per heavy atom. The number of rotatable bonds is 6. The van der Waals surface area contributed by atoms with Crippen LogP contribution in [-0.4, -0.2) is 67.7 Å². The number of carbonyl (C=O) groups is 1. The Morgan fingerprint density at radius 3 is 2.39 bits per heavy atom. The second-order valence-corrected chi connectivity index (χ2v) is 8.69. The van der Waals surface area contributed by atoms with Gasteiger partial charge in [0.05, 0.1) is 17.2 Å². The van der Waals surface area contributed by atoms with Gasteiger partial charge < -0.3 is 14.4 Å². The van der Waals surface area contributed by atoms with Crippen molar-refractivity contribution in [3.05, 3.63) is 28.2 Å². The van der Waals surface area contributed by atoms with Crippen LogP contribution in [0, 0.1) is 5.92 Å². The molecule has 2 heterocycles. The molecule has 0 spiro atoms. The number of hydrogen-bond donors (Lipinski definition) is 0. The number of benzene rings is 1. The molecule has 7 heteroatoms. The molecule has 2 aliphatic rings. The van der Waals surface area contributed by atoms with Gasteiger partial charge in [-0.2, -0.15) is 0 Å². The average molecular weight is 429 g/mol. The molecule has 0 unspecified atom stereocenters. The van der Waals surface area contributed by atoms with E-state index in [1.807, 2.05) is 13.0 Å². The molecule has 1 aromatic carbocycles. The topological polar surface area (TPSA) is 42.0 Å². The van der Waals surface area contributed by atoms with Crippen molar-refractivity contribution in [2.24, 2.45) is 5.92 Å². The molecule has 0 bridgehead atoms. The van der Waals surface area contributed by atoms with Crippen molar-refractivity contribution in [3.63, 3.8) is 0 Å². The predicted octanol–water partition coefficient (Wildman–Crippen LogP) is 4.11. The third kappa shape index (κ3) is 5.76. The molecule has 2 saturated heterocycles. The lowest BCUT2D eigenvalue weighted by Gasteiger charge is -2.38. The number of methoxy groups -OCH3 is 1. The van der Waals surface area contributed by atoms with E-state index in [4.69, 9.17) is 32.7 Å². The van der Waals surface area contributed by atoms with Crippen LogP contribution in [0.3, 0.4) is 0 Å². The number of likely N-dealkylation sites (tertiary alicyclic amines) is 2. The van der Waals surface area contributed by atoms with E-state index in [0.29, 0.717) is 16.0 Å². The molecule has 0 aliphatic carbocycles. The Labute approximate surface area is 177 Å². The molecule has 28 heavy (non-hydrogen) atoms. The Hall–Kier alpha value is -1.01. The summed E-state index contributed by atoms with van der Waals surface area (Å²) in [4.78, 5) is 16.5. The van der Waals surface area contributed by atoms with Crippen LogP contribution in [0.5, 0.6) is 5.75 Å². The summed E-state index contributed by atoms with van der Waals surface area (Å²) >= 11 is 12.0. The van der Waals surface area contributed by atoms with Crippen LogP contribution in [0.2, 0.25) is 10.0 Å². The average Bonchev–Trinajstić information content (AvgIpc) is 2.71. The summed E-state index contributed by atoms with van der Waals surface area (Å²) in [5.41, 5.74) is 0. The van der Waals surface area contributed by atoms with Gasteiger partial charge >= 0.3 is 5.97 Å². The quantitative estimate of drug-likeness (QED) is 0.637. The highest BCUT2D eigenvalue weighted by Gasteiger charge is 2.29. The van der Waals surface area contributed by atoms with E-state index in [1.165, 1.54) is 7.11 Å². The van der Waals surface area contributed by atoms with Crippen LogP contribution in [0.1, 0.15) is 32.6 Å². The molecule has 1 atom stereocenters. The fourth-order valence-corrected chi connectivity index (χ4v) is 4.45. The van der Waals surface area contributed by atoms with E-state index < -0.39 is 0 Å². The van der Waals surface area contributed by atoms with E-state index in [2.05, 4.69) is 9.80 Å². The highest BCUT2D eigenvalue weighted by molar-refractivity contribution is 6.42. The van der Waals surface area contributed by atoms with Gasteiger partial charge in [0.1, 0.15) is 17.9 Å². The second-order valence-electron chi connectivity index (χ2n) is 7.87. The van der Waals surface area contributed by atoms with Crippen LogP contribution >= 0.6 is 23.2 Å². The molecule has 0 N–H and O–H groups in total. The molecule has 5 nitrogen and oxygen atoms in total. The van der Waals surface area contributed by atoms with E-state index >= 15 is 0 Å². The highest BCUT2D eigenvalue weighted by Crippen LogP contribution is 2.28. The number of ether oxygens (including phenoxy) is 2. The van der Waals surface area contributed by atoms with Crippen LogP contribution in [0.15, 0.2) is 18.2 Å². The number of nitrogens with zero attached hydrogens (tertiary/aromatic N) is 2. The monoisotopic (exact) mass is 428 g/mol. The summed E-state index contributed by atoms with van der Waals surface area (Å²) in [5.74, 6) is 1.36. The summed E-state index contributed by atoms with van der Waals surface area (Å²) < 4.78 is 10.9. The number of hydrogen-bond acceptors (Lipinski definition) is 5. The first kappa shape index (κ1) is 21.7. The van der Waals surface area contributed by atoms with Crippen molar-refractivity contribution in [3.8, 4) is 5.75 Å². The Bertz CT molecular complexity index is 657. The summed E-state index contributed by atoms with van der Waals surface area (Å²) in [6, 6.07) is 5.31. The third-order valence-corrected chi connectivity index (χ3v) is 6.72. The summed E-state index contributed by atoms with van der Waals surface area (Å²) in [6.07, 6.45) is 4.56.